The number of ketones is 1. The van der Waals surface area contributed by atoms with E-state index in [2.05, 4.69) is 11.1 Å². The van der Waals surface area contributed by atoms with Gasteiger partial charge in [-0.3, -0.25) is 9.78 Å². The lowest BCUT2D eigenvalue weighted by Gasteiger charge is -1.93. The molecule has 2 rings (SSSR count). The van der Waals surface area contributed by atoms with E-state index in [1.54, 1.807) is 30.6 Å². The number of allylic oxidation sites excluding steroid dienone is 1. The van der Waals surface area contributed by atoms with Crippen molar-refractivity contribution in [1.82, 2.24) is 4.98 Å². The lowest BCUT2D eigenvalue weighted by atomic mass is 10.1. The molecule has 1 aromatic carbocycles. The number of carbonyl (C=O) groups is 1. The Bertz CT molecular complexity index is 489. The van der Waals surface area contributed by atoms with E-state index in [0.717, 1.165) is 5.56 Å². The Morgan fingerprint density at radius 3 is 2.88 bits per heavy atom. The molecule has 1 aromatic heterocycles. The normalized spacial score (nSPS) is 10.5. The van der Waals surface area contributed by atoms with Crippen molar-refractivity contribution in [3.8, 4) is 0 Å². The van der Waals surface area contributed by atoms with Gasteiger partial charge in [0.1, 0.15) is 0 Å². The molecule has 77 valence electrons. The molecule has 0 amide bonds. The molecule has 0 aliphatic rings. The quantitative estimate of drug-likeness (QED) is 0.573. The first-order chi connectivity index (χ1) is 7.86. The van der Waals surface area contributed by atoms with Crippen LogP contribution in [-0.2, 0) is 0 Å². The topological polar surface area (TPSA) is 30.0 Å². The molecule has 0 unspecified atom stereocenters. The maximum Gasteiger partial charge on any atom is 0.187 e. The Labute approximate surface area is 94.3 Å². The van der Waals surface area contributed by atoms with Gasteiger partial charge in [-0.1, -0.05) is 30.3 Å². The standard InChI is InChI=1S/C14H10NO/c16-14(13-7-4-10-15-11-13)9-8-12-5-2-1-3-6-12/h1-5,7-11H. The fourth-order valence-corrected chi connectivity index (χ4v) is 1.28. The largest absolute Gasteiger partial charge is 0.289 e. The smallest absolute Gasteiger partial charge is 0.187 e. The van der Waals surface area contributed by atoms with Gasteiger partial charge in [-0.05, 0) is 29.8 Å². The Morgan fingerprint density at radius 2 is 2.19 bits per heavy atom. The Hall–Kier alpha value is -2.22. The van der Waals surface area contributed by atoms with Gasteiger partial charge in [0.05, 0.1) is 0 Å². The van der Waals surface area contributed by atoms with Gasteiger partial charge in [-0.2, -0.15) is 0 Å². The van der Waals surface area contributed by atoms with Crippen LogP contribution in [0.4, 0.5) is 0 Å². The number of rotatable bonds is 3. The van der Waals surface area contributed by atoms with E-state index in [9.17, 15) is 4.79 Å². The highest BCUT2D eigenvalue weighted by Crippen LogP contribution is 2.03. The predicted molar refractivity (Wildman–Crippen MR) is 62.9 cm³/mol. The van der Waals surface area contributed by atoms with E-state index < -0.39 is 0 Å². The van der Waals surface area contributed by atoms with Crippen molar-refractivity contribution in [2.75, 3.05) is 0 Å². The molecule has 0 bridgehead atoms. The van der Waals surface area contributed by atoms with Gasteiger partial charge in [-0.25, -0.2) is 0 Å². The van der Waals surface area contributed by atoms with Gasteiger partial charge in [0.2, 0.25) is 0 Å². The van der Waals surface area contributed by atoms with Gasteiger partial charge >= 0.3 is 0 Å². The summed E-state index contributed by atoms with van der Waals surface area (Å²) in [7, 11) is 0. The lowest BCUT2D eigenvalue weighted by molar-refractivity contribution is 0.104. The fourth-order valence-electron chi connectivity index (χ4n) is 1.28. The van der Waals surface area contributed by atoms with E-state index >= 15 is 0 Å². The highest BCUT2D eigenvalue weighted by molar-refractivity contribution is 6.06. The molecule has 2 heteroatoms. The van der Waals surface area contributed by atoms with Crippen molar-refractivity contribution in [2.45, 2.75) is 0 Å². The van der Waals surface area contributed by atoms with Crippen LogP contribution in [0.15, 0.2) is 54.9 Å². The van der Waals surface area contributed by atoms with Crippen LogP contribution in [0.1, 0.15) is 15.9 Å². The van der Waals surface area contributed by atoms with E-state index in [-0.39, 0.29) is 5.78 Å². The Balaban J connectivity index is 2.12. The van der Waals surface area contributed by atoms with Crippen LogP contribution in [0, 0.1) is 6.07 Å². The summed E-state index contributed by atoms with van der Waals surface area (Å²) in [6.07, 6.45) is 6.48. The summed E-state index contributed by atoms with van der Waals surface area (Å²) in [6, 6.07) is 14.0. The number of hydrogen-bond acceptors (Lipinski definition) is 2. The van der Waals surface area contributed by atoms with Crippen molar-refractivity contribution in [3.63, 3.8) is 0 Å². The number of aromatic nitrogens is 1. The van der Waals surface area contributed by atoms with Gasteiger partial charge in [0.25, 0.3) is 0 Å². The van der Waals surface area contributed by atoms with E-state index in [4.69, 9.17) is 0 Å². The molecule has 0 aliphatic carbocycles. The van der Waals surface area contributed by atoms with E-state index in [0.29, 0.717) is 5.56 Å². The molecule has 2 nitrogen and oxygen atoms in total. The van der Waals surface area contributed by atoms with Crippen LogP contribution >= 0.6 is 0 Å². The first kappa shape index (κ1) is 10.3. The summed E-state index contributed by atoms with van der Waals surface area (Å²) in [5, 5.41) is 0. The third-order valence-corrected chi connectivity index (χ3v) is 2.09. The summed E-state index contributed by atoms with van der Waals surface area (Å²) in [6.45, 7) is 0. The minimum absolute atomic E-state index is 0.0506. The molecule has 0 saturated heterocycles. The van der Waals surface area contributed by atoms with Crippen LogP contribution in [0.5, 0.6) is 0 Å². The second-order valence-corrected chi connectivity index (χ2v) is 3.26. The molecule has 16 heavy (non-hydrogen) atoms. The molecule has 0 N–H and O–H groups in total. The van der Waals surface area contributed by atoms with Gasteiger partial charge < -0.3 is 0 Å². The van der Waals surface area contributed by atoms with Crippen molar-refractivity contribution >= 4 is 11.9 Å². The first-order valence-electron chi connectivity index (χ1n) is 4.95. The molecule has 1 heterocycles. The number of pyridine rings is 1. The van der Waals surface area contributed by atoms with Crippen molar-refractivity contribution in [2.24, 2.45) is 0 Å². The summed E-state index contributed by atoms with van der Waals surface area (Å²) in [5.74, 6) is -0.0506. The SMILES string of the molecule is O=C(C=Cc1[c]cccc1)c1cccnc1. The molecule has 0 aliphatic heterocycles. The van der Waals surface area contributed by atoms with Crippen LogP contribution in [-0.4, -0.2) is 10.8 Å². The molecule has 2 aromatic rings. The number of carbonyl (C=O) groups excluding carboxylic acids is 1. The zero-order chi connectivity index (χ0) is 11.2. The third kappa shape index (κ3) is 2.64. The minimum Gasteiger partial charge on any atom is -0.289 e. The van der Waals surface area contributed by atoms with Crippen molar-refractivity contribution in [1.29, 1.82) is 0 Å². The molecule has 0 fully saturated rings. The van der Waals surface area contributed by atoms with Gasteiger partial charge in [-0.15, -0.1) is 0 Å². The second-order valence-electron chi connectivity index (χ2n) is 3.26. The predicted octanol–water partition coefficient (Wildman–Crippen LogP) is 2.78. The molecule has 0 atom stereocenters. The number of benzene rings is 1. The van der Waals surface area contributed by atoms with E-state index in [1.807, 2.05) is 24.3 Å². The average molecular weight is 208 g/mol. The molecule has 0 saturated carbocycles. The van der Waals surface area contributed by atoms with Crippen LogP contribution in [0.3, 0.4) is 0 Å². The fraction of sp³-hybridized carbons (Fsp3) is 0. The number of nitrogens with zero attached hydrogens (tertiary/aromatic N) is 1. The van der Waals surface area contributed by atoms with Crippen LogP contribution in [0.25, 0.3) is 6.08 Å². The molecule has 1 radical (unpaired) electrons. The molecular formula is C14H10NO. The van der Waals surface area contributed by atoms with E-state index in [1.165, 1.54) is 6.08 Å². The summed E-state index contributed by atoms with van der Waals surface area (Å²) >= 11 is 0. The summed E-state index contributed by atoms with van der Waals surface area (Å²) in [4.78, 5) is 15.6. The zero-order valence-electron chi connectivity index (χ0n) is 8.63. The summed E-state index contributed by atoms with van der Waals surface area (Å²) < 4.78 is 0. The minimum atomic E-state index is -0.0506. The Morgan fingerprint density at radius 1 is 1.25 bits per heavy atom. The van der Waals surface area contributed by atoms with Crippen molar-refractivity contribution in [3.05, 3.63) is 72.1 Å². The second kappa shape index (κ2) is 5.03. The van der Waals surface area contributed by atoms with Crippen molar-refractivity contribution < 1.29 is 4.79 Å². The molecule has 0 spiro atoms. The zero-order valence-corrected chi connectivity index (χ0v) is 8.63. The Kier molecular flexibility index (Phi) is 3.24. The van der Waals surface area contributed by atoms with Gasteiger partial charge in [0, 0.05) is 18.0 Å². The monoisotopic (exact) mass is 208 g/mol. The average Bonchev–Trinajstić information content (AvgIpc) is 2.38. The molecular weight excluding hydrogens is 198 g/mol. The summed E-state index contributed by atoms with van der Waals surface area (Å²) in [5.41, 5.74) is 1.48. The van der Waals surface area contributed by atoms with Gasteiger partial charge in [0.15, 0.2) is 5.78 Å². The maximum atomic E-state index is 11.7. The van der Waals surface area contributed by atoms with Crippen LogP contribution in [0.2, 0.25) is 0 Å². The number of hydrogen-bond donors (Lipinski definition) is 0. The lowest BCUT2D eigenvalue weighted by Crippen LogP contribution is -1.93. The maximum absolute atomic E-state index is 11.7. The first-order valence-corrected chi connectivity index (χ1v) is 4.95. The highest BCUT2D eigenvalue weighted by atomic mass is 16.1. The third-order valence-electron chi connectivity index (χ3n) is 2.09. The van der Waals surface area contributed by atoms with Crippen LogP contribution < -0.4 is 0 Å². The highest BCUT2D eigenvalue weighted by Gasteiger charge is 1.99.